The van der Waals surface area contributed by atoms with Crippen molar-refractivity contribution in [1.82, 2.24) is 9.73 Å². The van der Waals surface area contributed by atoms with Gasteiger partial charge in [-0.05, 0) is 54.7 Å². The van der Waals surface area contributed by atoms with E-state index in [-0.39, 0.29) is 10.8 Å². The third kappa shape index (κ3) is 4.54. The fraction of sp³-hybridized carbons (Fsp3) is 0.381. The minimum atomic E-state index is -3.55. The smallest absolute Gasteiger partial charge is 0.269 e. The van der Waals surface area contributed by atoms with Gasteiger partial charge in [0, 0.05) is 25.7 Å². The molecule has 0 unspecified atom stereocenters. The topological polar surface area (TPSA) is 69.7 Å². The predicted octanol–water partition coefficient (Wildman–Crippen LogP) is 3.13. The number of sulfonamides is 1. The second kappa shape index (κ2) is 8.32. The van der Waals surface area contributed by atoms with Crippen LogP contribution in [-0.2, 0) is 10.0 Å². The van der Waals surface area contributed by atoms with Gasteiger partial charge in [-0.2, -0.15) is 4.31 Å². The number of hydrogen-bond acceptors (Lipinski definition) is 4. The lowest BCUT2D eigenvalue weighted by Gasteiger charge is -2.34. The van der Waals surface area contributed by atoms with E-state index in [1.165, 1.54) is 12.1 Å². The molecule has 2 aromatic rings. The Balaban J connectivity index is 1.71. The number of hydrogen-bond donors (Lipinski definition) is 1. The Morgan fingerprint density at radius 1 is 1.00 bits per heavy atom. The SMILES string of the molecule is C[C@@H]1C[C@H](C)CN(S(=O)(=O)c2ccc(C(=O)NN(C)c3ccccc3)cc2)C1. The van der Waals surface area contributed by atoms with E-state index in [4.69, 9.17) is 0 Å². The molecular formula is C21H27N3O3S. The van der Waals surface area contributed by atoms with Crippen LogP contribution in [0.1, 0.15) is 30.6 Å². The maximum Gasteiger partial charge on any atom is 0.269 e. The number of carbonyl (C=O) groups excluding carboxylic acids is 1. The van der Waals surface area contributed by atoms with E-state index in [0.717, 1.165) is 12.1 Å². The number of carbonyl (C=O) groups is 1. The van der Waals surface area contributed by atoms with E-state index in [2.05, 4.69) is 19.3 Å². The van der Waals surface area contributed by atoms with Crippen LogP contribution in [0.5, 0.6) is 0 Å². The van der Waals surface area contributed by atoms with Crippen LogP contribution >= 0.6 is 0 Å². The number of anilines is 1. The quantitative estimate of drug-likeness (QED) is 0.782. The average molecular weight is 402 g/mol. The van der Waals surface area contributed by atoms with Crippen molar-refractivity contribution in [2.75, 3.05) is 25.1 Å². The van der Waals surface area contributed by atoms with Gasteiger partial charge in [0.05, 0.1) is 10.6 Å². The Bertz CT molecular complexity index is 904. The van der Waals surface area contributed by atoms with Gasteiger partial charge in [-0.1, -0.05) is 32.0 Å². The van der Waals surface area contributed by atoms with E-state index < -0.39 is 10.0 Å². The Kier molecular flexibility index (Phi) is 6.05. The molecular weight excluding hydrogens is 374 g/mol. The fourth-order valence-corrected chi connectivity index (χ4v) is 5.34. The summed E-state index contributed by atoms with van der Waals surface area (Å²) < 4.78 is 27.4. The zero-order valence-electron chi connectivity index (χ0n) is 16.5. The largest absolute Gasteiger partial charge is 0.288 e. The fourth-order valence-electron chi connectivity index (χ4n) is 3.66. The number of rotatable bonds is 5. The Morgan fingerprint density at radius 2 is 1.57 bits per heavy atom. The van der Waals surface area contributed by atoms with Gasteiger partial charge in [0.1, 0.15) is 0 Å². The lowest BCUT2D eigenvalue weighted by molar-refractivity contribution is 0.0951. The van der Waals surface area contributed by atoms with Crippen LogP contribution in [0.3, 0.4) is 0 Å². The number of nitrogens with one attached hydrogen (secondary N) is 1. The monoisotopic (exact) mass is 401 g/mol. The third-order valence-corrected chi connectivity index (χ3v) is 6.85. The Morgan fingerprint density at radius 3 is 2.14 bits per heavy atom. The van der Waals surface area contributed by atoms with Gasteiger partial charge in [-0.15, -0.1) is 0 Å². The third-order valence-electron chi connectivity index (χ3n) is 5.00. The molecule has 1 fully saturated rings. The minimum Gasteiger partial charge on any atom is -0.288 e. The molecule has 0 aromatic heterocycles. The Labute approximate surface area is 167 Å². The molecule has 150 valence electrons. The van der Waals surface area contributed by atoms with Gasteiger partial charge in [0.2, 0.25) is 10.0 Å². The molecule has 0 spiro atoms. The second-order valence-electron chi connectivity index (χ2n) is 7.63. The van der Waals surface area contributed by atoms with Crippen molar-refractivity contribution >= 4 is 21.6 Å². The van der Waals surface area contributed by atoms with Crippen molar-refractivity contribution in [2.45, 2.75) is 25.2 Å². The highest BCUT2D eigenvalue weighted by atomic mass is 32.2. The summed E-state index contributed by atoms with van der Waals surface area (Å²) in [6.07, 6.45) is 1.04. The zero-order valence-corrected chi connectivity index (χ0v) is 17.3. The van der Waals surface area contributed by atoms with Gasteiger partial charge < -0.3 is 0 Å². The molecule has 0 saturated carbocycles. The number of para-hydroxylation sites is 1. The van der Waals surface area contributed by atoms with Crippen LogP contribution in [0.2, 0.25) is 0 Å². The molecule has 0 bridgehead atoms. The summed E-state index contributed by atoms with van der Waals surface area (Å²) in [5, 5.41) is 1.63. The highest BCUT2D eigenvalue weighted by Crippen LogP contribution is 2.26. The van der Waals surface area contributed by atoms with Gasteiger partial charge >= 0.3 is 0 Å². The molecule has 0 radical (unpaired) electrons. The van der Waals surface area contributed by atoms with Crippen molar-refractivity contribution in [3.8, 4) is 0 Å². The Hall–Kier alpha value is -2.38. The number of nitrogens with zero attached hydrogens (tertiary/aromatic N) is 2. The van der Waals surface area contributed by atoms with Crippen LogP contribution in [0.15, 0.2) is 59.5 Å². The maximum absolute atomic E-state index is 12.9. The van der Waals surface area contributed by atoms with Crippen LogP contribution in [0.4, 0.5) is 5.69 Å². The van der Waals surface area contributed by atoms with Crippen molar-refractivity contribution < 1.29 is 13.2 Å². The molecule has 6 nitrogen and oxygen atoms in total. The zero-order chi connectivity index (χ0) is 20.3. The summed E-state index contributed by atoms with van der Waals surface area (Å²) in [4.78, 5) is 12.7. The van der Waals surface area contributed by atoms with Crippen molar-refractivity contribution in [3.63, 3.8) is 0 Å². The average Bonchev–Trinajstić information content (AvgIpc) is 2.68. The molecule has 1 aliphatic rings. The first-order chi connectivity index (χ1) is 13.3. The minimum absolute atomic E-state index is 0.224. The molecule has 1 N–H and O–H groups in total. The number of hydrazine groups is 1. The van der Waals surface area contributed by atoms with Gasteiger partial charge in [0.25, 0.3) is 5.91 Å². The maximum atomic E-state index is 12.9. The number of piperidine rings is 1. The first-order valence-electron chi connectivity index (χ1n) is 9.47. The van der Waals surface area contributed by atoms with E-state index >= 15 is 0 Å². The van der Waals surface area contributed by atoms with Gasteiger partial charge in [0.15, 0.2) is 0 Å². The van der Waals surface area contributed by atoms with Crippen LogP contribution in [0.25, 0.3) is 0 Å². The molecule has 2 aromatic carbocycles. The van der Waals surface area contributed by atoms with Crippen LogP contribution < -0.4 is 10.4 Å². The summed E-state index contributed by atoms with van der Waals surface area (Å²) in [5.74, 6) is 0.393. The molecule has 1 aliphatic heterocycles. The van der Waals surface area contributed by atoms with E-state index in [1.807, 2.05) is 30.3 Å². The molecule has 7 heteroatoms. The highest BCUT2D eigenvalue weighted by Gasteiger charge is 2.31. The van der Waals surface area contributed by atoms with Gasteiger partial charge in [-0.3, -0.25) is 15.2 Å². The van der Waals surface area contributed by atoms with Crippen molar-refractivity contribution in [1.29, 1.82) is 0 Å². The summed E-state index contributed by atoms with van der Waals surface area (Å²) in [5.41, 5.74) is 4.04. The first kappa shape index (κ1) is 20.4. The normalized spacial score (nSPS) is 20.5. The molecule has 3 rings (SSSR count). The lowest BCUT2D eigenvalue weighted by atomic mass is 9.94. The van der Waals surface area contributed by atoms with E-state index in [1.54, 1.807) is 28.5 Å². The lowest BCUT2D eigenvalue weighted by Crippen LogP contribution is -2.42. The van der Waals surface area contributed by atoms with E-state index in [9.17, 15) is 13.2 Å². The molecule has 1 heterocycles. The highest BCUT2D eigenvalue weighted by molar-refractivity contribution is 7.89. The molecule has 28 heavy (non-hydrogen) atoms. The summed E-state index contributed by atoms with van der Waals surface area (Å²) in [6.45, 7) is 5.23. The summed E-state index contributed by atoms with van der Waals surface area (Å²) in [6, 6.07) is 15.6. The number of amides is 1. The molecule has 1 amide bonds. The first-order valence-corrected chi connectivity index (χ1v) is 10.9. The molecule has 2 atom stereocenters. The standard InChI is InChI=1S/C21H27N3O3S/c1-16-13-17(2)15-24(14-16)28(26,27)20-11-9-18(10-12-20)21(25)22-23(3)19-7-5-4-6-8-19/h4-12,16-17H,13-15H2,1-3H3,(H,22,25)/t16-,17+. The van der Waals surface area contributed by atoms with Crippen LogP contribution in [-0.4, -0.2) is 38.8 Å². The molecule has 0 aliphatic carbocycles. The summed E-state index contributed by atoms with van der Waals surface area (Å²) >= 11 is 0. The van der Waals surface area contributed by atoms with Crippen molar-refractivity contribution in [2.24, 2.45) is 11.8 Å². The second-order valence-corrected chi connectivity index (χ2v) is 9.57. The predicted molar refractivity (Wildman–Crippen MR) is 110 cm³/mol. The number of benzene rings is 2. The van der Waals surface area contributed by atoms with Crippen molar-refractivity contribution in [3.05, 3.63) is 60.2 Å². The summed E-state index contributed by atoms with van der Waals surface area (Å²) in [7, 11) is -1.79. The van der Waals surface area contributed by atoms with Crippen LogP contribution in [0, 0.1) is 11.8 Å². The molecule has 1 saturated heterocycles. The van der Waals surface area contributed by atoms with Gasteiger partial charge in [-0.25, -0.2) is 8.42 Å². The van der Waals surface area contributed by atoms with E-state index in [0.29, 0.717) is 30.5 Å².